The van der Waals surface area contributed by atoms with Crippen LogP contribution in [0.3, 0.4) is 0 Å². The SMILES string of the molecule is CC(C)(C)NC1CCN(CCOC(C)(C)CC(C)(C)NC2CC(Oc3ccnc(C(C)(C)C)c3)C2)CC1. The lowest BCUT2D eigenvalue weighted by Gasteiger charge is -2.44. The molecule has 0 radical (unpaired) electrons. The van der Waals surface area contributed by atoms with Crippen LogP contribution in [-0.4, -0.2) is 71.0 Å². The van der Waals surface area contributed by atoms with Crippen molar-refractivity contribution in [3.05, 3.63) is 24.0 Å². The monoisotopic (exact) mass is 516 g/mol. The van der Waals surface area contributed by atoms with E-state index in [9.17, 15) is 0 Å². The quantitative estimate of drug-likeness (QED) is 0.394. The van der Waals surface area contributed by atoms with Gasteiger partial charge in [-0.15, -0.1) is 0 Å². The Morgan fingerprint density at radius 1 is 0.919 bits per heavy atom. The topological polar surface area (TPSA) is 58.7 Å². The van der Waals surface area contributed by atoms with Crippen LogP contribution < -0.4 is 15.4 Å². The minimum Gasteiger partial charge on any atom is -0.490 e. The Morgan fingerprint density at radius 2 is 1.57 bits per heavy atom. The van der Waals surface area contributed by atoms with E-state index in [1.165, 1.54) is 12.8 Å². The Morgan fingerprint density at radius 3 is 2.16 bits per heavy atom. The molecule has 2 aliphatic rings. The van der Waals surface area contributed by atoms with Crippen LogP contribution in [0.2, 0.25) is 0 Å². The molecule has 0 amide bonds. The van der Waals surface area contributed by atoms with E-state index >= 15 is 0 Å². The molecule has 0 aromatic carbocycles. The second kappa shape index (κ2) is 11.9. The number of nitrogens with zero attached hydrogens (tertiary/aromatic N) is 2. The van der Waals surface area contributed by atoms with Crippen LogP contribution >= 0.6 is 0 Å². The lowest BCUT2D eigenvalue weighted by Crippen LogP contribution is -2.56. The number of nitrogens with one attached hydrogen (secondary N) is 2. The van der Waals surface area contributed by atoms with Crippen LogP contribution in [0.15, 0.2) is 18.3 Å². The zero-order chi connectivity index (χ0) is 27.5. The molecular weight excluding hydrogens is 460 g/mol. The Labute approximate surface area is 227 Å². The van der Waals surface area contributed by atoms with Crippen molar-refractivity contribution in [2.24, 2.45) is 0 Å². The van der Waals surface area contributed by atoms with Crippen molar-refractivity contribution in [1.82, 2.24) is 20.5 Å². The molecule has 2 heterocycles. The minimum atomic E-state index is -0.164. The van der Waals surface area contributed by atoms with Crippen LogP contribution in [0.25, 0.3) is 0 Å². The molecule has 0 atom stereocenters. The van der Waals surface area contributed by atoms with Crippen LogP contribution in [0.1, 0.15) is 107 Å². The van der Waals surface area contributed by atoms with Gasteiger partial charge in [-0.05, 0) is 99.7 Å². The molecule has 6 nitrogen and oxygen atoms in total. The van der Waals surface area contributed by atoms with Gasteiger partial charge in [0.1, 0.15) is 11.9 Å². The van der Waals surface area contributed by atoms with Crippen LogP contribution in [0, 0.1) is 0 Å². The first-order valence-corrected chi connectivity index (χ1v) is 14.5. The van der Waals surface area contributed by atoms with Gasteiger partial charge in [0.05, 0.1) is 12.2 Å². The van der Waals surface area contributed by atoms with Crippen LogP contribution in [-0.2, 0) is 10.2 Å². The summed E-state index contributed by atoms with van der Waals surface area (Å²) in [6, 6.07) is 5.20. The Hall–Kier alpha value is -1.21. The molecule has 1 saturated carbocycles. The molecule has 2 fully saturated rings. The van der Waals surface area contributed by atoms with Gasteiger partial charge in [-0.1, -0.05) is 20.8 Å². The predicted octanol–water partition coefficient (Wildman–Crippen LogP) is 5.69. The maximum absolute atomic E-state index is 6.42. The smallest absolute Gasteiger partial charge is 0.123 e. The number of hydrogen-bond acceptors (Lipinski definition) is 6. The van der Waals surface area contributed by atoms with E-state index in [0.717, 1.165) is 56.9 Å². The molecule has 0 bridgehead atoms. The number of ether oxygens (including phenoxy) is 2. The Balaban J connectivity index is 1.34. The van der Waals surface area contributed by atoms with Gasteiger partial charge in [0.2, 0.25) is 0 Å². The lowest BCUT2D eigenvalue weighted by molar-refractivity contribution is -0.0508. The first kappa shape index (κ1) is 30.3. The number of likely N-dealkylation sites (tertiary alicyclic amines) is 1. The average Bonchev–Trinajstić information content (AvgIpc) is 2.71. The summed E-state index contributed by atoms with van der Waals surface area (Å²) in [7, 11) is 0. The number of aromatic nitrogens is 1. The van der Waals surface area contributed by atoms with Crippen molar-refractivity contribution in [3.63, 3.8) is 0 Å². The normalized spacial score (nSPS) is 22.6. The van der Waals surface area contributed by atoms with Crippen molar-refractivity contribution >= 4 is 0 Å². The van der Waals surface area contributed by atoms with E-state index in [1.54, 1.807) is 0 Å². The van der Waals surface area contributed by atoms with Gasteiger partial charge in [0.15, 0.2) is 0 Å². The van der Waals surface area contributed by atoms with E-state index in [2.05, 4.69) is 95.8 Å². The molecule has 2 N–H and O–H groups in total. The van der Waals surface area contributed by atoms with Gasteiger partial charge < -0.3 is 25.0 Å². The summed E-state index contributed by atoms with van der Waals surface area (Å²) in [4.78, 5) is 7.07. The largest absolute Gasteiger partial charge is 0.490 e. The molecule has 1 saturated heterocycles. The molecule has 1 aliphatic heterocycles. The Kier molecular flexibility index (Phi) is 9.75. The van der Waals surface area contributed by atoms with Gasteiger partial charge in [0, 0.05) is 53.1 Å². The van der Waals surface area contributed by atoms with Crippen molar-refractivity contribution < 1.29 is 9.47 Å². The van der Waals surface area contributed by atoms with E-state index in [-0.39, 0.29) is 28.2 Å². The summed E-state index contributed by atoms with van der Waals surface area (Å²) in [6.45, 7) is 26.5. The molecular formula is C31H56N4O2. The molecule has 1 aromatic rings. The summed E-state index contributed by atoms with van der Waals surface area (Å²) >= 11 is 0. The summed E-state index contributed by atoms with van der Waals surface area (Å²) < 4.78 is 12.7. The number of piperidine rings is 1. The van der Waals surface area contributed by atoms with Crippen molar-refractivity contribution in [3.8, 4) is 5.75 Å². The number of pyridine rings is 1. The second-order valence-corrected chi connectivity index (χ2v) is 14.9. The molecule has 0 unspecified atom stereocenters. The van der Waals surface area contributed by atoms with E-state index in [0.29, 0.717) is 12.1 Å². The number of hydrogen-bond donors (Lipinski definition) is 2. The standard InChI is InChI=1S/C31H56N4O2/c1-28(2,3)27-21-25(11-14-32-27)37-26-19-24(20-26)34-30(7,8)22-31(9,10)36-18-17-35-15-12-23(13-16-35)33-29(4,5)6/h11,14,21,23-24,26,33-34H,12-13,15-20,22H2,1-10H3. The van der Waals surface area contributed by atoms with E-state index < -0.39 is 0 Å². The fraction of sp³-hybridized carbons (Fsp3) is 0.839. The maximum atomic E-state index is 6.42. The highest BCUT2D eigenvalue weighted by atomic mass is 16.5. The lowest BCUT2D eigenvalue weighted by atomic mass is 9.83. The summed E-state index contributed by atoms with van der Waals surface area (Å²) in [6.07, 6.45) is 7.64. The summed E-state index contributed by atoms with van der Waals surface area (Å²) in [5, 5.41) is 7.63. The minimum absolute atomic E-state index is 0.00613. The summed E-state index contributed by atoms with van der Waals surface area (Å²) in [5.74, 6) is 0.937. The van der Waals surface area contributed by atoms with Gasteiger partial charge in [-0.2, -0.15) is 0 Å². The molecule has 6 heteroatoms. The van der Waals surface area contributed by atoms with Gasteiger partial charge >= 0.3 is 0 Å². The van der Waals surface area contributed by atoms with E-state index in [4.69, 9.17) is 9.47 Å². The highest BCUT2D eigenvalue weighted by molar-refractivity contribution is 5.27. The molecule has 3 rings (SSSR count). The number of rotatable bonds is 11. The van der Waals surface area contributed by atoms with Crippen LogP contribution in [0.4, 0.5) is 0 Å². The highest BCUT2D eigenvalue weighted by Crippen LogP contribution is 2.32. The maximum Gasteiger partial charge on any atom is 0.123 e. The zero-order valence-corrected chi connectivity index (χ0v) is 25.5. The fourth-order valence-corrected chi connectivity index (χ4v) is 5.95. The predicted molar refractivity (Wildman–Crippen MR) is 155 cm³/mol. The third-order valence-electron chi connectivity index (χ3n) is 7.48. The van der Waals surface area contributed by atoms with Gasteiger partial charge in [-0.3, -0.25) is 4.98 Å². The van der Waals surface area contributed by atoms with E-state index in [1.807, 2.05) is 12.3 Å². The zero-order valence-electron chi connectivity index (χ0n) is 25.5. The molecule has 0 spiro atoms. The van der Waals surface area contributed by atoms with Crippen molar-refractivity contribution in [1.29, 1.82) is 0 Å². The first-order valence-electron chi connectivity index (χ1n) is 14.5. The van der Waals surface area contributed by atoms with Crippen molar-refractivity contribution in [2.75, 3.05) is 26.2 Å². The van der Waals surface area contributed by atoms with Gasteiger partial charge in [-0.25, -0.2) is 0 Å². The molecule has 37 heavy (non-hydrogen) atoms. The summed E-state index contributed by atoms with van der Waals surface area (Å²) in [5.41, 5.74) is 1.14. The Bertz CT molecular complexity index is 841. The van der Waals surface area contributed by atoms with Gasteiger partial charge in [0.25, 0.3) is 0 Å². The molecule has 1 aromatic heterocycles. The highest BCUT2D eigenvalue weighted by Gasteiger charge is 2.37. The third kappa shape index (κ3) is 10.5. The second-order valence-electron chi connectivity index (χ2n) is 14.9. The molecule has 1 aliphatic carbocycles. The van der Waals surface area contributed by atoms with Crippen LogP contribution in [0.5, 0.6) is 5.75 Å². The van der Waals surface area contributed by atoms with Crippen molar-refractivity contribution in [2.45, 2.75) is 142 Å². The fourth-order valence-electron chi connectivity index (χ4n) is 5.95. The average molecular weight is 517 g/mol. The third-order valence-corrected chi connectivity index (χ3v) is 7.48. The molecule has 212 valence electrons. The first-order chi connectivity index (χ1) is 17.0.